The molecule has 4 N–H and O–H groups in total. The second kappa shape index (κ2) is 24.9. The number of methoxy groups -OCH3 is 1. The number of hydrogen-bond donors (Lipinski definition) is 4. The van der Waals surface area contributed by atoms with Crippen LogP contribution in [0.1, 0.15) is 67.3 Å². The van der Waals surface area contributed by atoms with E-state index in [2.05, 4.69) is 27.9 Å². The number of nitrogens with zero attached hydrogens (tertiary/aromatic N) is 5. The summed E-state index contributed by atoms with van der Waals surface area (Å²) >= 11 is 0. The van der Waals surface area contributed by atoms with Gasteiger partial charge < -0.3 is 59.0 Å². The van der Waals surface area contributed by atoms with E-state index in [-0.39, 0.29) is 124 Å². The number of carbonyl (C=O) groups excluding carboxylic acids is 7. The van der Waals surface area contributed by atoms with Crippen LogP contribution in [0.4, 0.5) is 10.1 Å². The molecule has 0 spiro atoms. The number of amides is 5. The van der Waals surface area contributed by atoms with Crippen molar-refractivity contribution in [3.63, 3.8) is 0 Å². The molecule has 2 atom stereocenters. The number of aliphatic hydroxyl groups is 1. The Hall–Kier alpha value is -7.44. The van der Waals surface area contributed by atoms with E-state index in [1.54, 1.807) is 30.5 Å². The number of esters is 1. The molecule has 5 amide bonds. The van der Waals surface area contributed by atoms with Gasteiger partial charge in [-0.3, -0.25) is 38.6 Å². The molecule has 4 aromatic rings. The lowest BCUT2D eigenvalue weighted by molar-refractivity contribution is -0.926. The molecule has 6 heterocycles. The number of aromatic nitrogens is 2. The van der Waals surface area contributed by atoms with Gasteiger partial charge in [-0.2, -0.15) is 0 Å². The number of halogens is 1. The van der Waals surface area contributed by atoms with Gasteiger partial charge in [-0.05, 0) is 49.6 Å². The third-order valence-corrected chi connectivity index (χ3v) is 14.0. The number of fused-ring (bicyclic) bond motifs is 5. The fourth-order valence-corrected chi connectivity index (χ4v) is 9.68. The predicted octanol–water partition coefficient (Wildman–Crippen LogP) is 0.744. The molecule has 8 rings (SSSR count). The molecule has 76 heavy (non-hydrogen) atoms. The van der Waals surface area contributed by atoms with Crippen molar-refractivity contribution < 1.29 is 71.6 Å². The summed E-state index contributed by atoms with van der Waals surface area (Å²) in [6.45, 7) is 8.47. The number of carbonyl (C=O) groups is 7. The Morgan fingerprint density at radius 2 is 1.66 bits per heavy atom. The first-order chi connectivity index (χ1) is 36.4. The van der Waals surface area contributed by atoms with E-state index in [0.29, 0.717) is 40.9 Å². The normalized spacial score (nSPS) is 17.7. The molecule has 0 saturated carbocycles. The maximum Gasteiger partial charge on any atom is 0.343 e. The van der Waals surface area contributed by atoms with Crippen LogP contribution >= 0.6 is 0 Å². The first kappa shape index (κ1) is 56.3. The van der Waals surface area contributed by atoms with Crippen molar-refractivity contribution in [2.45, 2.75) is 77.4 Å². The number of hydrogen-bond acceptors (Lipinski definition) is 16. The van der Waals surface area contributed by atoms with Crippen LogP contribution in [-0.2, 0) is 79.6 Å². The Kier molecular flexibility index (Phi) is 18.5. The van der Waals surface area contributed by atoms with Crippen molar-refractivity contribution in [1.29, 1.82) is 0 Å². The average Bonchev–Trinajstić information content (AvgIpc) is 3.95. The predicted molar refractivity (Wildman–Crippen MR) is 269 cm³/mol. The molecule has 22 nitrogen and oxygen atoms in total. The topological polar surface area (TPSA) is 277 Å². The third-order valence-electron chi connectivity index (χ3n) is 14.0. The summed E-state index contributed by atoms with van der Waals surface area (Å²) in [5.74, 6) is -2.96. The number of imide groups is 1. The maximum atomic E-state index is 15.2. The second-order valence-corrected chi connectivity index (χ2v) is 19.2. The molecular weight excluding hydrogens is 992 g/mol. The first-order valence-corrected chi connectivity index (χ1v) is 25.0. The highest BCUT2D eigenvalue weighted by molar-refractivity contribution is 6.12. The average molecular weight is 1060 g/mol. The zero-order chi connectivity index (χ0) is 54.7. The van der Waals surface area contributed by atoms with E-state index in [9.17, 15) is 38.7 Å². The number of carboxylic acid groups (broad SMARTS) is 1. The summed E-state index contributed by atoms with van der Waals surface area (Å²) in [5.41, 5.74) is 2.83. The molecule has 4 aliphatic heterocycles. The summed E-state index contributed by atoms with van der Waals surface area (Å²) in [5, 5.41) is 28.6. The van der Waals surface area contributed by atoms with E-state index in [1.165, 1.54) is 25.3 Å². The van der Waals surface area contributed by atoms with Crippen LogP contribution in [0.3, 0.4) is 0 Å². The summed E-state index contributed by atoms with van der Waals surface area (Å²) in [6, 6.07) is 11.5. The number of rotatable bonds is 22. The number of benzene rings is 2. The van der Waals surface area contributed by atoms with E-state index in [4.69, 9.17) is 33.8 Å². The van der Waals surface area contributed by atoms with Gasteiger partial charge in [-0.25, -0.2) is 14.2 Å². The number of likely N-dealkylation sites (N-methyl/N-ethyl adjacent to an activating group) is 1. The van der Waals surface area contributed by atoms with Gasteiger partial charge in [0, 0.05) is 98.0 Å². The van der Waals surface area contributed by atoms with Gasteiger partial charge in [0.25, 0.3) is 17.4 Å². The standard InChI is InChI=1S/C52H61FN8O12.CH2O2/c1-5-52(69)39-26-42-48-37(29-60(42)50(67)38(39)31-73-51(52)68)36(35-25-43(70-4)40(53)27-41(35)57-48)28-58-17-19-61(3,20-18-58)30-33-8-10-34(11-9-33)56-49(66)32(2)55-45(63)14-21-71-23-24-72-22-15-54-44(62)7-6-16-59-46(64)12-13-47(59)65;2-1-3/h8-13,25-27,32,69H,5-7,14-24,28-31H2,1-4H3,(H2-,54,55,56,62,63,66);1H,(H,2,3)/t32-,52-;/m0./s1. The van der Waals surface area contributed by atoms with Crippen LogP contribution in [0.2, 0.25) is 0 Å². The smallest absolute Gasteiger partial charge is 0.343 e. The Morgan fingerprint density at radius 3 is 2.33 bits per heavy atom. The van der Waals surface area contributed by atoms with Crippen molar-refractivity contribution in [2.75, 3.05) is 85.2 Å². The highest BCUT2D eigenvalue weighted by Crippen LogP contribution is 2.41. The van der Waals surface area contributed by atoms with Gasteiger partial charge in [0.15, 0.2) is 17.2 Å². The fraction of sp³-hybridized carbons (Fsp3) is 0.453. The van der Waals surface area contributed by atoms with Gasteiger partial charge in [-0.1, -0.05) is 19.1 Å². The Bertz CT molecular complexity index is 2940. The van der Waals surface area contributed by atoms with E-state index < -0.39 is 29.9 Å². The molecule has 406 valence electrons. The van der Waals surface area contributed by atoms with Crippen molar-refractivity contribution in [1.82, 2.24) is 30.0 Å². The minimum atomic E-state index is -1.98. The van der Waals surface area contributed by atoms with E-state index in [1.807, 2.05) is 24.3 Å². The molecule has 23 heteroatoms. The lowest BCUT2D eigenvalue weighted by atomic mass is 9.86. The SMILES string of the molecule is CC[C@@]1(O)C(=O)OCc2c1cc1n(c2=O)Cc2c-1nc1cc(F)c(OC)cc1c2CN1CC[N+](C)(Cc2ccc(NC(=O)[C@H](C)NC(=O)CCOCCOCCNC(=O)CCCN3C(=O)C=CC3=O)cc2)CC1.O=C[O-]. The quantitative estimate of drug-likeness (QED) is 0.0245. The van der Waals surface area contributed by atoms with E-state index >= 15 is 4.39 Å². The van der Waals surface area contributed by atoms with Crippen molar-refractivity contribution in [2.24, 2.45) is 0 Å². The Morgan fingerprint density at radius 1 is 0.974 bits per heavy atom. The van der Waals surface area contributed by atoms with E-state index in [0.717, 1.165) is 58.8 Å². The minimum Gasteiger partial charge on any atom is -0.554 e. The molecule has 2 aromatic carbocycles. The van der Waals surface area contributed by atoms with Crippen molar-refractivity contribution >= 4 is 58.6 Å². The van der Waals surface area contributed by atoms with Crippen LogP contribution in [-0.4, -0.2) is 157 Å². The van der Waals surface area contributed by atoms with Crippen LogP contribution in [0.25, 0.3) is 22.3 Å². The monoisotopic (exact) mass is 1050 g/mol. The summed E-state index contributed by atoms with van der Waals surface area (Å²) in [7, 11) is 3.62. The zero-order valence-electron chi connectivity index (χ0n) is 42.9. The second-order valence-electron chi connectivity index (χ2n) is 19.2. The number of ether oxygens (including phenoxy) is 4. The largest absolute Gasteiger partial charge is 0.554 e. The van der Waals surface area contributed by atoms with Gasteiger partial charge in [0.1, 0.15) is 19.2 Å². The highest BCUT2D eigenvalue weighted by atomic mass is 19.1. The molecule has 0 bridgehead atoms. The minimum absolute atomic E-state index is 0.0152. The lowest BCUT2D eigenvalue weighted by Crippen LogP contribution is -2.56. The third kappa shape index (κ3) is 13.0. The first-order valence-electron chi connectivity index (χ1n) is 25.0. The summed E-state index contributed by atoms with van der Waals surface area (Å²) in [6.07, 6.45) is 3.01. The van der Waals surface area contributed by atoms with Gasteiger partial charge in [-0.15, -0.1) is 0 Å². The van der Waals surface area contributed by atoms with Gasteiger partial charge in [0.05, 0.1) is 82.7 Å². The maximum absolute atomic E-state index is 15.2. The van der Waals surface area contributed by atoms with Crippen LogP contribution in [0, 0.1) is 5.82 Å². The molecule has 0 radical (unpaired) electrons. The van der Waals surface area contributed by atoms with Crippen molar-refractivity contribution in [3.8, 4) is 17.1 Å². The molecule has 0 unspecified atom stereocenters. The molecule has 4 aliphatic rings. The van der Waals surface area contributed by atoms with Crippen LogP contribution < -0.4 is 31.4 Å². The van der Waals surface area contributed by atoms with Gasteiger partial charge in [0.2, 0.25) is 17.7 Å². The Balaban J connectivity index is 0.00000274. The van der Waals surface area contributed by atoms with Crippen molar-refractivity contribution in [3.05, 3.63) is 98.6 Å². The molecule has 1 saturated heterocycles. The number of nitrogens with one attached hydrogen (secondary N) is 3. The molecule has 1 fully saturated rings. The van der Waals surface area contributed by atoms with Gasteiger partial charge >= 0.3 is 5.97 Å². The number of pyridine rings is 2. The molecule has 2 aromatic heterocycles. The Labute approximate surface area is 437 Å². The zero-order valence-corrected chi connectivity index (χ0v) is 42.9. The number of anilines is 1. The lowest BCUT2D eigenvalue weighted by Gasteiger charge is -2.42. The highest BCUT2D eigenvalue weighted by Gasteiger charge is 2.46. The van der Waals surface area contributed by atoms with Crippen LogP contribution in [0.5, 0.6) is 5.75 Å². The summed E-state index contributed by atoms with van der Waals surface area (Å²) < 4.78 is 39.2. The number of piperazine rings is 1. The number of cyclic esters (lactones) is 1. The molecular formula is C53H63FN8O14. The summed E-state index contributed by atoms with van der Waals surface area (Å²) in [4.78, 5) is 104. The fourth-order valence-electron chi connectivity index (χ4n) is 9.68. The van der Waals surface area contributed by atoms with Crippen LogP contribution in [0.15, 0.2) is 59.4 Å². The number of quaternary nitrogens is 1. The molecule has 0 aliphatic carbocycles.